The van der Waals surface area contributed by atoms with E-state index < -0.39 is 5.60 Å². The van der Waals surface area contributed by atoms with Crippen molar-refractivity contribution in [2.75, 3.05) is 13.7 Å². The zero-order chi connectivity index (χ0) is 13.5. The second-order valence-electron chi connectivity index (χ2n) is 5.19. The van der Waals surface area contributed by atoms with Gasteiger partial charge in [0.25, 0.3) is 0 Å². The molecule has 0 N–H and O–H groups in total. The molecule has 0 amide bonds. The maximum Gasteiger partial charge on any atom is 0.305 e. The lowest BCUT2D eigenvalue weighted by atomic mass is 9.68. The third-order valence-corrected chi connectivity index (χ3v) is 4.22. The number of ketones is 1. The minimum atomic E-state index is -0.524. The number of allylic oxidation sites excluding steroid dienone is 3. The zero-order valence-electron chi connectivity index (χ0n) is 10.8. The van der Waals surface area contributed by atoms with E-state index in [4.69, 9.17) is 4.74 Å². The van der Waals surface area contributed by atoms with Gasteiger partial charge < -0.3 is 9.47 Å². The molecule has 0 unspecified atom stereocenters. The Bertz CT molecular complexity index is 514. The molecule has 0 aromatic rings. The number of hydrogen-bond donors (Lipinski definition) is 0. The first-order valence-electron chi connectivity index (χ1n) is 6.49. The summed E-state index contributed by atoms with van der Waals surface area (Å²) in [5.41, 5.74) is 0.279. The van der Waals surface area contributed by atoms with Gasteiger partial charge in [-0.1, -0.05) is 18.2 Å². The summed E-state index contributed by atoms with van der Waals surface area (Å²) in [4.78, 5) is 23.3. The van der Waals surface area contributed by atoms with E-state index in [-0.39, 0.29) is 23.6 Å². The van der Waals surface area contributed by atoms with Gasteiger partial charge in [-0.15, -0.1) is 0 Å². The van der Waals surface area contributed by atoms with Gasteiger partial charge in [-0.25, -0.2) is 0 Å². The first kappa shape index (κ1) is 12.4. The molecule has 1 fully saturated rings. The van der Waals surface area contributed by atoms with Crippen LogP contribution in [0.4, 0.5) is 0 Å². The van der Waals surface area contributed by atoms with Crippen molar-refractivity contribution in [1.82, 2.24) is 0 Å². The molecule has 19 heavy (non-hydrogen) atoms. The van der Waals surface area contributed by atoms with Gasteiger partial charge in [-0.05, 0) is 18.6 Å². The molecule has 2 aliphatic carbocycles. The molecule has 0 aromatic heterocycles. The minimum absolute atomic E-state index is 0.0413. The fourth-order valence-corrected chi connectivity index (χ4v) is 3.28. The summed E-state index contributed by atoms with van der Waals surface area (Å²) in [6, 6.07) is 0. The van der Waals surface area contributed by atoms with Crippen LogP contribution in [0.5, 0.6) is 0 Å². The van der Waals surface area contributed by atoms with E-state index in [0.29, 0.717) is 19.4 Å². The van der Waals surface area contributed by atoms with Crippen molar-refractivity contribution in [3.8, 4) is 0 Å². The maximum atomic E-state index is 11.9. The van der Waals surface area contributed by atoms with Crippen LogP contribution in [0.15, 0.2) is 36.0 Å². The van der Waals surface area contributed by atoms with Crippen molar-refractivity contribution in [2.24, 2.45) is 11.8 Å². The van der Waals surface area contributed by atoms with E-state index in [0.717, 1.165) is 5.57 Å². The highest BCUT2D eigenvalue weighted by Crippen LogP contribution is 2.49. The van der Waals surface area contributed by atoms with Gasteiger partial charge >= 0.3 is 5.97 Å². The van der Waals surface area contributed by atoms with E-state index in [2.05, 4.69) is 10.8 Å². The highest BCUT2D eigenvalue weighted by molar-refractivity contribution is 6.06. The van der Waals surface area contributed by atoms with Crippen molar-refractivity contribution in [3.63, 3.8) is 0 Å². The second kappa shape index (κ2) is 4.46. The Morgan fingerprint density at radius 2 is 2.42 bits per heavy atom. The first-order chi connectivity index (χ1) is 9.16. The van der Waals surface area contributed by atoms with Crippen molar-refractivity contribution in [2.45, 2.75) is 18.4 Å². The number of methoxy groups -OCH3 is 1. The smallest absolute Gasteiger partial charge is 0.305 e. The third-order valence-electron chi connectivity index (χ3n) is 4.22. The minimum Gasteiger partial charge on any atom is -0.469 e. The van der Waals surface area contributed by atoms with Crippen molar-refractivity contribution < 1.29 is 19.1 Å². The molecule has 1 saturated heterocycles. The van der Waals surface area contributed by atoms with E-state index in [1.165, 1.54) is 7.11 Å². The fourth-order valence-electron chi connectivity index (χ4n) is 3.28. The Kier molecular flexibility index (Phi) is 2.90. The van der Waals surface area contributed by atoms with E-state index in [9.17, 15) is 9.59 Å². The molecule has 0 aromatic carbocycles. The number of esters is 1. The van der Waals surface area contributed by atoms with Crippen LogP contribution >= 0.6 is 0 Å². The summed E-state index contributed by atoms with van der Waals surface area (Å²) < 4.78 is 10.7. The van der Waals surface area contributed by atoms with Crippen LogP contribution in [0.1, 0.15) is 12.8 Å². The first-order valence-corrected chi connectivity index (χ1v) is 6.49. The average molecular weight is 260 g/mol. The largest absolute Gasteiger partial charge is 0.469 e. The predicted octanol–water partition coefficient (Wildman–Crippen LogP) is 1.58. The normalized spacial score (nSPS) is 35.0. The van der Waals surface area contributed by atoms with E-state index >= 15 is 0 Å². The second-order valence-corrected chi connectivity index (χ2v) is 5.19. The number of rotatable bonds is 3. The molecular weight excluding hydrogens is 244 g/mol. The fraction of sp³-hybridized carbons (Fsp3) is 0.467. The molecule has 1 heterocycles. The molecule has 3 rings (SSSR count). The number of carbonyl (C=O) groups excluding carboxylic acids is 2. The highest BCUT2D eigenvalue weighted by atomic mass is 16.5. The molecular formula is C15H16O4. The van der Waals surface area contributed by atoms with Gasteiger partial charge in [-0.2, -0.15) is 0 Å². The molecule has 0 bridgehead atoms. The summed E-state index contributed by atoms with van der Waals surface area (Å²) in [6.45, 7) is 0.595. The zero-order valence-corrected chi connectivity index (χ0v) is 10.8. The Hall–Kier alpha value is -1.68. The number of ether oxygens (including phenoxy) is 2. The van der Waals surface area contributed by atoms with Gasteiger partial charge in [0.1, 0.15) is 0 Å². The molecule has 4 nitrogen and oxygen atoms in total. The van der Waals surface area contributed by atoms with Crippen LogP contribution in [0.3, 0.4) is 0 Å². The van der Waals surface area contributed by atoms with Crippen LogP contribution in [-0.4, -0.2) is 31.1 Å². The summed E-state index contributed by atoms with van der Waals surface area (Å²) in [5, 5.41) is 0. The Morgan fingerprint density at radius 1 is 1.58 bits per heavy atom. The third kappa shape index (κ3) is 1.87. The van der Waals surface area contributed by atoms with Crippen LogP contribution in [0.25, 0.3) is 0 Å². The molecule has 100 valence electrons. The van der Waals surface area contributed by atoms with E-state index in [1.54, 1.807) is 6.08 Å². The SMILES string of the molecule is COC(=O)CC[C@@]12C=CC(=O)C3=CC=C[C@@H](CO1)[C@H]32. The lowest BCUT2D eigenvalue weighted by Gasteiger charge is -2.37. The van der Waals surface area contributed by atoms with Crippen LogP contribution in [0.2, 0.25) is 0 Å². The van der Waals surface area contributed by atoms with E-state index in [1.807, 2.05) is 18.2 Å². The Labute approximate surface area is 111 Å². The van der Waals surface area contributed by atoms with Gasteiger partial charge in [0.2, 0.25) is 0 Å². The molecule has 0 spiro atoms. The molecule has 3 aliphatic rings. The average Bonchev–Trinajstić information content (AvgIpc) is 2.82. The number of carbonyl (C=O) groups is 2. The monoisotopic (exact) mass is 260 g/mol. The van der Waals surface area contributed by atoms with Crippen LogP contribution in [0, 0.1) is 11.8 Å². The molecule has 0 radical (unpaired) electrons. The Morgan fingerprint density at radius 3 is 3.21 bits per heavy atom. The molecule has 4 heteroatoms. The predicted molar refractivity (Wildman–Crippen MR) is 68.3 cm³/mol. The van der Waals surface area contributed by atoms with Crippen LogP contribution in [-0.2, 0) is 19.1 Å². The maximum absolute atomic E-state index is 11.9. The van der Waals surface area contributed by atoms with Gasteiger partial charge in [0.15, 0.2) is 5.78 Å². The van der Waals surface area contributed by atoms with Gasteiger partial charge in [0.05, 0.1) is 19.3 Å². The molecule has 1 aliphatic heterocycles. The summed E-state index contributed by atoms with van der Waals surface area (Å²) in [5.74, 6) is 0.0772. The van der Waals surface area contributed by atoms with Crippen LogP contribution < -0.4 is 0 Å². The molecule has 3 atom stereocenters. The summed E-state index contributed by atoms with van der Waals surface area (Å²) >= 11 is 0. The highest BCUT2D eigenvalue weighted by Gasteiger charge is 2.52. The van der Waals surface area contributed by atoms with Crippen molar-refractivity contribution in [1.29, 1.82) is 0 Å². The summed E-state index contributed by atoms with van der Waals surface area (Å²) in [7, 11) is 1.38. The number of hydrogen-bond acceptors (Lipinski definition) is 4. The Balaban J connectivity index is 1.91. The van der Waals surface area contributed by atoms with Crippen molar-refractivity contribution >= 4 is 11.8 Å². The quantitative estimate of drug-likeness (QED) is 0.723. The van der Waals surface area contributed by atoms with Gasteiger partial charge in [-0.3, -0.25) is 9.59 Å². The topological polar surface area (TPSA) is 52.6 Å². The van der Waals surface area contributed by atoms with Crippen molar-refractivity contribution in [3.05, 3.63) is 36.0 Å². The summed E-state index contributed by atoms with van der Waals surface area (Å²) in [6.07, 6.45) is 10.1. The lowest BCUT2D eigenvalue weighted by Crippen LogP contribution is -2.41. The van der Waals surface area contributed by atoms with Gasteiger partial charge in [0, 0.05) is 23.8 Å². The lowest BCUT2D eigenvalue weighted by molar-refractivity contribution is -0.142. The molecule has 0 saturated carbocycles. The standard InChI is InChI=1S/C15H16O4/c1-18-13(17)6-8-15-7-5-12(16)11-4-2-3-10(9-19-15)14(11)15/h2-5,7,10,14H,6,8-9H2,1H3/t10-,14+,15+/m0/s1.